The van der Waals surface area contributed by atoms with E-state index in [0.29, 0.717) is 25.3 Å². The molecule has 4 nitrogen and oxygen atoms in total. The monoisotopic (exact) mass is 255 g/mol. The Morgan fingerprint density at radius 2 is 2.29 bits per heavy atom. The predicted molar refractivity (Wildman–Crippen MR) is 64.4 cm³/mol. The van der Waals surface area contributed by atoms with E-state index in [1.807, 2.05) is 18.2 Å². The van der Waals surface area contributed by atoms with Crippen molar-refractivity contribution in [1.82, 2.24) is 5.32 Å². The smallest absolute Gasteiger partial charge is 0.231 e. The van der Waals surface area contributed by atoms with Crippen LogP contribution in [-0.4, -0.2) is 18.6 Å². The van der Waals surface area contributed by atoms with Gasteiger partial charge in [0.2, 0.25) is 12.7 Å². The maximum Gasteiger partial charge on any atom is 0.231 e. The first kappa shape index (κ1) is 12.0. The third kappa shape index (κ3) is 3.03. The van der Waals surface area contributed by atoms with E-state index in [4.69, 9.17) is 21.1 Å². The zero-order chi connectivity index (χ0) is 12.1. The van der Waals surface area contributed by atoms with Gasteiger partial charge in [0.1, 0.15) is 0 Å². The molecule has 1 N–H and O–H groups in total. The Morgan fingerprint density at radius 3 is 3.12 bits per heavy atom. The van der Waals surface area contributed by atoms with Gasteiger partial charge in [-0.15, -0.1) is 11.6 Å². The Labute approximate surface area is 105 Å². The Morgan fingerprint density at radius 1 is 1.41 bits per heavy atom. The third-order valence-corrected chi connectivity index (χ3v) is 2.76. The molecule has 0 atom stereocenters. The van der Waals surface area contributed by atoms with Crippen molar-refractivity contribution >= 4 is 17.5 Å². The molecule has 0 unspecified atom stereocenters. The molecule has 0 aromatic heterocycles. The summed E-state index contributed by atoms with van der Waals surface area (Å²) >= 11 is 5.52. The van der Waals surface area contributed by atoms with Gasteiger partial charge in [-0.3, -0.25) is 4.79 Å². The number of rotatable bonds is 5. The number of carbonyl (C=O) groups is 1. The van der Waals surface area contributed by atoms with E-state index in [-0.39, 0.29) is 12.7 Å². The van der Waals surface area contributed by atoms with E-state index in [1.54, 1.807) is 0 Å². The lowest BCUT2D eigenvalue weighted by Crippen LogP contribution is -2.22. The SMILES string of the molecule is O=C(CCCCl)NCc1cccc2c1OCO2. The van der Waals surface area contributed by atoms with E-state index >= 15 is 0 Å². The topological polar surface area (TPSA) is 47.6 Å². The predicted octanol–water partition coefficient (Wildman–Crippen LogP) is 2.05. The largest absolute Gasteiger partial charge is 0.454 e. The molecule has 0 bridgehead atoms. The fraction of sp³-hybridized carbons (Fsp3) is 0.417. The number of para-hydroxylation sites is 1. The number of halogens is 1. The summed E-state index contributed by atoms with van der Waals surface area (Å²) in [7, 11) is 0. The molecule has 0 fully saturated rings. The van der Waals surface area contributed by atoms with E-state index < -0.39 is 0 Å². The number of benzene rings is 1. The van der Waals surface area contributed by atoms with Crippen LogP contribution in [0.4, 0.5) is 0 Å². The summed E-state index contributed by atoms with van der Waals surface area (Å²) < 4.78 is 10.6. The fourth-order valence-corrected chi connectivity index (χ4v) is 1.77. The van der Waals surface area contributed by atoms with Crippen LogP contribution in [0.3, 0.4) is 0 Å². The van der Waals surface area contributed by atoms with E-state index in [2.05, 4.69) is 5.32 Å². The highest BCUT2D eigenvalue weighted by Gasteiger charge is 2.17. The maximum absolute atomic E-state index is 11.4. The first-order chi connectivity index (χ1) is 8.31. The van der Waals surface area contributed by atoms with Crippen molar-refractivity contribution in [2.24, 2.45) is 0 Å². The van der Waals surface area contributed by atoms with Crippen molar-refractivity contribution in [3.8, 4) is 11.5 Å². The van der Waals surface area contributed by atoms with Crippen LogP contribution in [0, 0.1) is 0 Å². The summed E-state index contributed by atoms with van der Waals surface area (Å²) in [4.78, 5) is 11.4. The first-order valence-electron chi connectivity index (χ1n) is 5.51. The quantitative estimate of drug-likeness (QED) is 0.820. The average Bonchev–Trinajstić information content (AvgIpc) is 2.82. The Kier molecular flexibility index (Phi) is 4.09. The van der Waals surface area contributed by atoms with Crippen molar-refractivity contribution in [2.45, 2.75) is 19.4 Å². The summed E-state index contributed by atoms with van der Waals surface area (Å²) in [5.41, 5.74) is 0.930. The van der Waals surface area contributed by atoms with Crippen molar-refractivity contribution in [3.63, 3.8) is 0 Å². The molecule has 1 amide bonds. The van der Waals surface area contributed by atoms with Gasteiger partial charge in [-0.05, 0) is 12.5 Å². The third-order valence-electron chi connectivity index (χ3n) is 2.49. The van der Waals surface area contributed by atoms with Gasteiger partial charge >= 0.3 is 0 Å². The molecule has 0 spiro atoms. The molecule has 1 aliphatic heterocycles. The second-order valence-electron chi connectivity index (χ2n) is 3.72. The van der Waals surface area contributed by atoms with Crippen LogP contribution in [0.2, 0.25) is 0 Å². The number of nitrogens with one attached hydrogen (secondary N) is 1. The van der Waals surface area contributed by atoms with Crippen LogP contribution in [0.15, 0.2) is 18.2 Å². The van der Waals surface area contributed by atoms with Crippen LogP contribution < -0.4 is 14.8 Å². The molecule has 0 aliphatic carbocycles. The molecule has 0 saturated heterocycles. The lowest BCUT2D eigenvalue weighted by molar-refractivity contribution is -0.121. The Balaban J connectivity index is 1.91. The van der Waals surface area contributed by atoms with Gasteiger partial charge in [0.15, 0.2) is 11.5 Å². The lowest BCUT2D eigenvalue weighted by atomic mass is 10.2. The molecule has 17 heavy (non-hydrogen) atoms. The summed E-state index contributed by atoms with van der Waals surface area (Å²) in [5.74, 6) is 1.97. The summed E-state index contributed by atoms with van der Waals surface area (Å²) in [6.07, 6.45) is 1.15. The molecule has 0 saturated carbocycles. The van der Waals surface area contributed by atoms with Crippen molar-refractivity contribution in [3.05, 3.63) is 23.8 Å². The number of ether oxygens (including phenoxy) is 2. The van der Waals surface area contributed by atoms with Gasteiger partial charge in [-0.1, -0.05) is 12.1 Å². The summed E-state index contributed by atoms with van der Waals surface area (Å²) in [5, 5.41) is 2.83. The van der Waals surface area contributed by atoms with Crippen molar-refractivity contribution in [1.29, 1.82) is 0 Å². The lowest BCUT2D eigenvalue weighted by Gasteiger charge is -2.07. The van der Waals surface area contributed by atoms with Gasteiger partial charge in [0, 0.05) is 24.4 Å². The zero-order valence-corrected chi connectivity index (χ0v) is 10.1. The molecule has 2 rings (SSSR count). The number of amides is 1. The highest BCUT2D eigenvalue weighted by atomic mass is 35.5. The maximum atomic E-state index is 11.4. The summed E-state index contributed by atoms with van der Waals surface area (Å²) in [6, 6.07) is 5.64. The van der Waals surface area contributed by atoms with Crippen LogP contribution >= 0.6 is 11.6 Å². The first-order valence-corrected chi connectivity index (χ1v) is 6.05. The minimum atomic E-state index is 0.00201. The molecule has 1 aromatic carbocycles. The van der Waals surface area contributed by atoms with Gasteiger partial charge in [-0.2, -0.15) is 0 Å². The molecular formula is C12H14ClNO3. The molecule has 5 heteroatoms. The average molecular weight is 256 g/mol. The normalized spacial score (nSPS) is 12.5. The van der Waals surface area contributed by atoms with Gasteiger partial charge in [-0.25, -0.2) is 0 Å². The number of hydrogen-bond donors (Lipinski definition) is 1. The zero-order valence-electron chi connectivity index (χ0n) is 9.37. The minimum absolute atomic E-state index is 0.00201. The van der Waals surface area contributed by atoms with E-state index in [9.17, 15) is 4.79 Å². The second kappa shape index (κ2) is 5.77. The van der Waals surface area contributed by atoms with Crippen LogP contribution in [0.5, 0.6) is 11.5 Å². The van der Waals surface area contributed by atoms with Gasteiger partial charge in [0.05, 0.1) is 0 Å². The van der Waals surface area contributed by atoms with Crippen LogP contribution in [-0.2, 0) is 11.3 Å². The van der Waals surface area contributed by atoms with Crippen LogP contribution in [0.1, 0.15) is 18.4 Å². The van der Waals surface area contributed by atoms with Crippen LogP contribution in [0.25, 0.3) is 0 Å². The molecule has 92 valence electrons. The number of fused-ring (bicyclic) bond motifs is 1. The Bertz CT molecular complexity index is 409. The van der Waals surface area contributed by atoms with E-state index in [1.165, 1.54) is 0 Å². The Hall–Kier alpha value is -1.42. The fourth-order valence-electron chi connectivity index (χ4n) is 1.64. The van der Waals surface area contributed by atoms with Crippen molar-refractivity contribution in [2.75, 3.05) is 12.7 Å². The highest BCUT2D eigenvalue weighted by molar-refractivity contribution is 6.17. The standard InChI is InChI=1S/C12H14ClNO3/c13-6-2-5-11(15)14-7-9-3-1-4-10-12(9)17-8-16-10/h1,3-4H,2,5-8H2,(H,14,15). The number of hydrogen-bond acceptors (Lipinski definition) is 3. The number of alkyl halides is 1. The highest BCUT2D eigenvalue weighted by Crippen LogP contribution is 2.35. The molecule has 0 radical (unpaired) electrons. The molecule has 1 aliphatic rings. The van der Waals surface area contributed by atoms with Crippen molar-refractivity contribution < 1.29 is 14.3 Å². The minimum Gasteiger partial charge on any atom is -0.454 e. The molecule has 1 heterocycles. The van der Waals surface area contributed by atoms with Gasteiger partial charge in [0.25, 0.3) is 0 Å². The summed E-state index contributed by atoms with van der Waals surface area (Å²) in [6.45, 7) is 0.695. The number of carbonyl (C=O) groups excluding carboxylic acids is 1. The van der Waals surface area contributed by atoms with E-state index in [0.717, 1.165) is 17.1 Å². The molecule has 1 aromatic rings. The van der Waals surface area contributed by atoms with Gasteiger partial charge < -0.3 is 14.8 Å². The molecular weight excluding hydrogens is 242 g/mol. The second-order valence-corrected chi connectivity index (χ2v) is 4.10.